The summed E-state index contributed by atoms with van der Waals surface area (Å²) < 4.78 is 0. The SMILES string of the molecule is O=C(O)/C=C\C(=O)O.O=C([O-])/C=C\C(=O)[O-].[NH4+].[NH4+]. The first-order valence-corrected chi connectivity index (χ1v) is 3.49. The van der Waals surface area contributed by atoms with Crippen molar-refractivity contribution in [1.29, 1.82) is 0 Å². The molecule has 10 nitrogen and oxygen atoms in total. The van der Waals surface area contributed by atoms with Crippen molar-refractivity contribution < 1.29 is 39.6 Å². The van der Waals surface area contributed by atoms with Gasteiger partial charge in [0.2, 0.25) is 0 Å². The molecule has 10 heteroatoms. The minimum Gasteiger partial charge on any atom is -0.545 e. The summed E-state index contributed by atoms with van der Waals surface area (Å²) >= 11 is 0. The zero-order valence-corrected chi connectivity index (χ0v) is 9.65. The molecule has 0 spiro atoms. The Balaban J connectivity index is -0.0000000980. The second-order valence-corrected chi connectivity index (χ2v) is 1.98. The Morgan fingerprint density at radius 2 is 0.889 bits per heavy atom. The van der Waals surface area contributed by atoms with Crippen LogP contribution >= 0.6 is 0 Å². The number of rotatable bonds is 4. The van der Waals surface area contributed by atoms with E-state index in [0.717, 1.165) is 0 Å². The van der Waals surface area contributed by atoms with E-state index in [0.29, 0.717) is 24.3 Å². The molecule has 10 N–H and O–H groups in total. The summed E-state index contributed by atoms with van der Waals surface area (Å²) in [5.74, 6) is -5.61. The third kappa shape index (κ3) is 37.8. The highest BCUT2D eigenvalue weighted by molar-refractivity contribution is 5.89. The highest BCUT2D eigenvalue weighted by Crippen LogP contribution is 1.70. The molecule has 0 unspecified atom stereocenters. The van der Waals surface area contributed by atoms with E-state index in [9.17, 15) is 29.4 Å². The van der Waals surface area contributed by atoms with Crippen LogP contribution in [-0.2, 0) is 19.2 Å². The number of hydrogen-bond acceptors (Lipinski definition) is 6. The average molecular weight is 266 g/mol. The third-order valence-electron chi connectivity index (χ3n) is 0.724. The first-order valence-electron chi connectivity index (χ1n) is 3.49. The summed E-state index contributed by atoms with van der Waals surface area (Å²) in [6.45, 7) is 0. The Hall–Kier alpha value is -2.72. The molecule has 0 aromatic heterocycles. The monoisotopic (exact) mass is 266 g/mol. The topological polar surface area (TPSA) is 228 Å². The van der Waals surface area contributed by atoms with E-state index in [1.54, 1.807) is 0 Å². The predicted molar refractivity (Wildman–Crippen MR) is 55.5 cm³/mol. The van der Waals surface area contributed by atoms with Crippen molar-refractivity contribution in [3.63, 3.8) is 0 Å². The maximum absolute atomic E-state index is 9.55. The highest BCUT2D eigenvalue weighted by Gasteiger charge is 1.88. The van der Waals surface area contributed by atoms with Crippen molar-refractivity contribution in [2.45, 2.75) is 0 Å². The minimum absolute atomic E-state index is 0. The van der Waals surface area contributed by atoms with Gasteiger partial charge in [0.25, 0.3) is 0 Å². The molecular weight excluding hydrogens is 252 g/mol. The van der Waals surface area contributed by atoms with E-state index in [2.05, 4.69) is 0 Å². The average Bonchev–Trinajstić information content (AvgIpc) is 2.12. The fourth-order valence-electron chi connectivity index (χ4n) is 0.279. The van der Waals surface area contributed by atoms with E-state index in [4.69, 9.17) is 10.2 Å². The molecule has 0 fully saturated rings. The molecule has 0 aromatic rings. The number of carboxylic acid groups (broad SMARTS) is 4. The lowest BCUT2D eigenvalue weighted by Gasteiger charge is -1.90. The predicted octanol–water partition coefficient (Wildman–Crippen LogP) is -2.49. The molecule has 0 bridgehead atoms. The van der Waals surface area contributed by atoms with Gasteiger partial charge in [0, 0.05) is 12.2 Å². The van der Waals surface area contributed by atoms with Crippen LogP contribution in [0.5, 0.6) is 0 Å². The maximum Gasteiger partial charge on any atom is 0.328 e. The molecule has 0 aromatic carbocycles. The summed E-state index contributed by atoms with van der Waals surface area (Å²) in [4.78, 5) is 37.9. The summed E-state index contributed by atoms with van der Waals surface area (Å²) in [6.07, 6.45) is 1.88. The van der Waals surface area contributed by atoms with E-state index >= 15 is 0 Å². The first kappa shape index (κ1) is 24.5. The molecule has 0 aliphatic rings. The fraction of sp³-hybridized carbons (Fsp3) is 0. The maximum atomic E-state index is 9.55. The van der Waals surface area contributed by atoms with Crippen LogP contribution in [0.25, 0.3) is 0 Å². The smallest absolute Gasteiger partial charge is 0.328 e. The number of carbonyl (C=O) groups is 4. The van der Waals surface area contributed by atoms with Gasteiger partial charge in [-0.3, -0.25) is 0 Å². The normalized spacial score (nSPS) is 8.44. The summed E-state index contributed by atoms with van der Waals surface area (Å²) in [6, 6.07) is 0. The van der Waals surface area contributed by atoms with Gasteiger partial charge in [-0.25, -0.2) is 9.59 Å². The van der Waals surface area contributed by atoms with Crippen molar-refractivity contribution in [2.24, 2.45) is 0 Å². The molecule has 0 amide bonds. The molecule has 0 rings (SSSR count). The van der Waals surface area contributed by atoms with Crippen molar-refractivity contribution in [1.82, 2.24) is 12.3 Å². The van der Waals surface area contributed by atoms with Crippen LogP contribution in [0.15, 0.2) is 24.3 Å². The van der Waals surface area contributed by atoms with Crippen LogP contribution in [0, 0.1) is 0 Å². The molecule has 0 saturated carbocycles. The fourth-order valence-corrected chi connectivity index (χ4v) is 0.279. The lowest BCUT2D eigenvalue weighted by Crippen LogP contribution is -2.23. The number of hydrogen-bond donors (Lipinski definition) is 4. The van der Waals surface area contributed by atoms with Gasteiger partial charge in [-0.05, 0) is 12.2 Å². The van der Waals surface area contributed by atoms with Crippen LogP contribution in [-0.4, -0.2) is 34.1 Å². The largest absolute Gasteiger partial charge is 0.545 e. The van der Waals surface area contributed by atoms with Gasteiger partial charge in [0.1, 0.15) is 0 Å². The Kier molecular flexibility index (Phi) is 19.4. The van der Waals surface area contributed by atoms with E-state index in [1.165, 1.54) is 0 Å². The number of carbonyl (C=O) groups excluding carboxylic acids is 2. The number of quaternary nitrogens is 2. The molecule has 18 heavy (non-hydrogen) atoms. The minimum atomic E-state index is -1.55. The third-order valence-corrected chi connectivity index (χ3v) is 0.724. The standard InChI is InChI=1S/2C4H4O4.2H3N/c2*5-3(6)1-2-4(7)8;;/h2*1-2H,(H,5,6)(H,7,8);2*1H3/b2*2-1-;;. The molecule has 0 saturated heterocycles. The van der Waals surface area contributed by atoms with Crippen LogP contribution in [0.3, 0.4) is 0 Å². The van der Waals surface area contributed by atoms with Gasteiger partial charge in [-0.2, -0.15) is 0 Å². The molecular formula is C8H14N2O8. The quantitative estimate of drug-likeness (QED) is 0.396. The van der Waals surface area contributed by atoms with Gasteiger partial charge in [0.05, 0.1) is 11.9 Å². The first-order chi connectivity index (χ1) is 7.25. The van der Waals surface area contributed by atoms with Gasteiger partial charge in [0.15, 0.2) is 0 Å². The van der Waals surface area contributed by atoms with Crippen LogP contribution in [0.1, 0.15) is 0 Å². The molecule has 0 radical (unpaired) electrons. The second kappa shape index (κ2) is 14.3. The molecule has 0 heterocycles. The van der Waals surface area contributed by atoms with Crippen molar-refractivity contribution in [3.05, 3.63) is 24.3 Å². The molecule has 0 aliphatic carbocycles. The zero-order valence-electron chi connectivity index (χ0n) is 9.65. The number of aliphatic carboxylic acids is 4. The highest BCUT2D eigenvalue weighted by atomic mass is 16.4. The van der Waals surface area contributed by atoms with E-state index in [1.807, 2.05) is 0 Å². The van der Waals surface area contributed by atoms with Crippen LogP contribution < -0.4 is 22.5 Å². The van der Waals surface area contributed by atoms with Crippen LogP contribution in [0.4, 0.5) is 0 Å². The van der Waals surface area contributed by atoms with Crippen molar-refractivity contribution in [3.8, 4) is 0 Å². The zero-order chi connectivity index (χ0) is 13.1. The Morgan fingerprint density at radius 3 is 1.00 bits per heavy atom. The van der Waals surface area contributed by atoms with E-state index < -0.39 is 23.9 Å². The molecule has 104 valence electrons. The number of carboxylic acids is 4. The van der Waals surface area contributed by atoms with Gasteiger partial charge >= 0.3 is 11.9 Å². The van der Waals surface area contributed by atoms with Crippen molar-refractivity contribution in [2.75, 3.05) is 0 Å². The van der Waals surface area contributed by atoms with Crippen LogP contribution in [0.2, 0.25) is 0 Å². The Labute approximate surface area is 101 Å². The van der Waals surface area contributed by atoms with Crippen molar-refractivity contribution >= 4 is 23.9 Å². The molecule has 0 atom stereocenters. The summed E-state index contributed by atoms with van der Waals surface area (Å²) in [5.41, 5.74) is 0. The lowest BCUT2D eigenvalue weighted by molar-refractivity contribution is -0.301. The Bertz CT molecular complexity index is 281. The second-order valence-electron chi connectivity index (χ2n) is 1.98. The Morgan fingerprint density at radius 1 is 0.667 bits per heavy atom. The molecule has 0 aliphatic heterocycles. The van der Waals surface area contributed by atoms with E-state index in [-0.39, 0.29) is 12.3 Å². The lowest BCUT2D eigenvalue weighted by atomic mass is 10.5. The summed E-state index contributed by atoms with van der Waals surface area (Å²) in [5, 5.41) is 34.5. The van der Waals surface area contributed by atoms with Gasteiger partial charge < -0.3 is 42.3 Å². The summed E-state index contributed by atoms with van der Waals surface area (Å²) in [7, 11) is 0. The van der Waals surface area contributed by atoms with Gasteiger partial charge in [-0.15, -0.1) is 0 Å². The van der Waals surface area contributed by atoms with Gasteiger partial charge in [-0.1, -0.05) is 0 Å².